The quantitative estimate of drug-likeness (QED) is 0.602. The minimum atomic E-state index is -0.375. The molecule has 4 heterocycles. The standard InChI is InChI=1S/C21H20ClN3O2S/c1-11-3-4-12(9-14(11)22)15-5-6-16(27-15)19-23-20(26)18-13-7-8-25(2)10-17(13)28-21(18)24-19/h3-6,9,19,24H,7-8,10H2,1-2H3,(H,23,26)/p+1/t19-/m0/s1. The molecule has 2 atom stereocenters. The number of nitrogens with one attached hydrogen (secondary N) is 3. The van der Waals surface area contributed by atoms with Crippen LogP contribution in [0, 0.1) is 6.92 Å². The first-order valence-electron chi connectivity index (χ1n) is 9.39. The summed E-state index contributed by atoms with van der Waals surface area (Å²) in [4.78, 5) is 15.6. The third-order valence-corrected chi connectivity index (χ3v) is 7.07. The summed E-state index contributed by atoms with van der Waals surface area (Å²) in [5.74, 6) is 1.39. The molecule has 0 radical (unpaired) electrons. The van der Waals surface area contributed by atoms with E-state index in [2.05, 4.69) is 17.7 Å². The van der Waals surface area contributed by atoms with Gasteiger partial charge in [-0.3, -0.25) is 4.79 Å². The van der Waals surface area contributed by atoms with Crippen LogP contribution >= 0.6 is 22.9 Å². The predicted octanol–water partition coefficient (Wildman–Crippen LogP) is 3.39. The van der Waals surface area contributed by atoms with E-state index in [0.29, 0.717) is 10.8 Å². The Balaban J connectivity index is 1.44. The lowest BCUT2D eigenvalue weighted by molar-refractivity contribution is -0.895. The highest BCUT2D eigenvalue weighted by atomic mass is 35.5. The van der Waals surface area contributed by atoms with E-state index >= 15 is 0 Å². The largest absolute Gasteiger partial charge is 0.457 e. The fraction of sp³-hybridized carbons (Fsp3) is 0.286. The van der Waals surface area contributed by atoms with Crippen LogP contribution in [-0.4, -0.2) is 19.5 Å². The molecule has 3 N–H and O–H groups in total. The summed E-state index contributed by atoms with van der Waals surface area (Å²) in [7, 11) is 2.19. The summed E-state index contributed by atoms with van der Waals surface area (Å²) >= 11 is 7.94. The SMILES string of the molecule is Cc1ccc(-c2ccc([C@H]3NC(=O)c4c(sc5c4CC[NH+](C)C5)N3)o2)cc1Cl. The zero-order valence-electron chi connectivity index (χ0n) is 15.7. The van der Waals surface area contributed by atoms with Crippen molar-refractivity contribution in [1.82, 2.24) is 5.32 Å². The van der Waals surface area contributed by atoms with Crippen LogP contribution in [0.4, 0.5) is 5.00 Å². The van der Waals surface area contributed by atoms with Gasteiger partial charge in [0.25, 0.3) is 5.91 Å². The molecule has 3 aromatic rings. The molecule has 5 nitrogen and oxygen atoms in total. The third-order valence-electron chi connectivity index (χ3n) is 5.50. The lowest BCUT2D eigenvalue weighted by Gasteiger charge is -2.25. The average molecular weight is 415 g/mol. The maximum atomic E-state index is 12.8. The second-order valence-electron chi connectivity index (χ2n) is 7.56. The fourth-order valence-electron chi connectivity index (χ4n) is 3.88. The number of benzene rings is 1. The van der Waals surface area contributed by atoms with Crippen molar-refractivity contribution in [3.63, 3.8) is 0 Å². The molecule has 0 fully saturated rings. The van der Waals surface area contributed by atoms with Gasteiger partial charge in [0.05, 0.1) is 24.0 Å². The number of halogens is 1. The van der Waals surface area contributed by atoms with Crippen molar-refractivity contribution in [2.75, 3.05) is 18.9 Å². The number of carbonyl (C=O) groups is 1. The number of rotatable bonds is 2. The van der Waals surface area contributed by atoms with Crippen molar-refractivity contribution >= 4 is 33.8 Å². The van der Waals surface area contributed by atoms with Gasteiger partial charge in [0.15, 0.2) is 6.17 Å². The monoisotopic (exact) mass is 414 g/mol. The summed E-state index contributed by atoms with van der Waals surface area (Å²) < 4.78 is 6.05. The Labute approximate surface area is 172 Å². The van der Waals surface area contributed by atoms with Crippen LogP contribution in [0.15, 0.2) is 34.7 Å². The number of aryl methyl sites for hydroxylation is 1. The predicted molar refractivity (Wildman–Crippen MR) is 111 cm³/mol. The van der Waals surface area contributed by atoms with Crippen LogP contribution in [0.1, 0.15) is 38.3 Å². The van der Waals surface area contributed by atoms with Gasteiger partial charge in [-0.15, -0.1) is 11.3 Å². The lowest BCUT2D eigenvalue weighted by Crippen LogP contribution is -3.08. The highest BCUT2D eigenvalue weighted by Gasteiger charge is 2.34. The molecule has 0 bridgehead atoms. The molecule has 0 aliphatic carbocycles. The first-order valence-corrected chi connectivity index (χ1v) is 10.6. The van der Waals surface area contributed by atoms with Crippen molar-refractivity contribution in [2.45, 2.75) is 26.1 Å². The first-order chi connectivity index (χ1) is 13.5. The zero-order valence-corrected chi connectivity index (χ0v) is 17.3. The van der Waals surface area contributed by atoms with E-state index in [9.17, 15) is 4.79 Å². The molecular weight excluding hydrogens is 394 g/mol. The molecule has 5 rings (SSSR count). The highest BCUT2D eigenvalue weighted by molar-refractivity contribution is 7.16. The Morgan fingerprint density at radius 1 is 1.25 bits per heavy atom. The van der Waals surface area contributed by atoms with E-state index in [1.54, 1.807) is 11.3 Å². The number of carbonyl (C=O) groups excluding carboxylic acids is 1. The number of quaternary nitrogens is 1. The average Bonchev–Trinajstić information content (AvgIpc) is 3.28. The van der Waals surface area contributed by atoms with E-state index in [-0.39, 0.29) is 12.1 Å². The molecule has 1 aromatic carbocycles. The Hall–Kier alpha value is -2.28. The number of furan rings is 1. The normalized spacial score (nSPS) is 20.9. The minimum absolute atomic E-state index is 0.0212. The Morgan fingerprint density at radius 2 is 2.11 bits per heavy atom. The van der Waals surface area contributed by atoms with Crippen LogP contribution < -0.4 is 15.5 Å². The highest BCUT2D eigenvalue weighted by Crippen LogP contribution is 2.39. The summed E-state index contributed by atoms with van der Waals surface area (Å²) in [5, 5.41) is 8.17. The number of thiophene rings is 1. The Morgan fingerprint density at radius 3 is 2.93 bits per heavy atom. The van der Waals surface area contributed by atoms with Gasteiger partial charge in [0.1, 0.15) is 23.1 Å². The zero-order chi connectivity index (χ0) is 19.4. The van der Waals surface area contributed by atoms with Gasteiger partial charge in [-0.2, -0.15) is 0 Å². The van der Waals surface area contributed by atoms with Crippen LogP contribution in [-0.2, 0) is 13.0 Å². The maximum absolute atomic E-state index is 12.8. The molecule has 1 amide bonds. The molecule has 2 aromatic heterocycles. The van der Waals surface area contributed by atoms with E-state index in [1.807, 2.05) is 37.3 Å². The number of hydrogen-bond acceptors (Lipinski definition) is 4. The number of likely N-dealkylation sites (N-methyl/N-ethyl adjacent to an activating group) is 1. The summed E-state index contributed by atoms with van der Waals surface area (Å²) in [6.45, 7) is 4.01. The van der Waals surface area contributed by atoms with Crippen molar-refractivity contribution < 1.29 is 14.1 Å². The molecule has 2 aliphatic rings. The van der Waals surface area contributed by atoms with Crippen molar-refractivity contribution in [2.24, 2.45) is 0 Å². The maximum Gasteiger partial charge on any atom is 0.256 e. The molecule has 0 spiro atoms. The molecule has 0 saturated heterocycles. The van der Waals surface area contributed by atoms with E-state index in [4.69, 9.17) is 16.0 Å². The molecule has 2 aliphatic heterocycles. The Kier molecular flexibility index (Phi) is 4.23. The molecule has 7 heteroatoms. The van der Waals surface area contributed by atoms with E-state index < -0.39 is 0 Å². The third kappa shape index (κ3) is 2.92. The summed E-state index contributed by atoms with van der Waals surface area (Å²) in [6.07, 6.45) is 0.575. The van der Waals surface area contributed by atoms with E-state index in [0.717, 1.165) is 47.0 Å². The lowest BCUT2D eigenvalue weighted by atomic mass is 10.0. The van der Waals surface area contributed by atoms with E-state index in [1.165, 1.54) is 15.3 Å². The van der Waals surface area contributed by atoms with Gasteiger partial charge < -0.3 is 20.0 Å². The van der Waals surface area contributed by atoms with Crippen LogP contribution in [0.25, 0.3) is 11.3 Å². The summed E-state index contributed by atoms with van der Waals surface area (Å²) in [6, 6.07) is 9.68. The molecule has 1 unspecified atom stereocenters. The van der Waals surface area contributed by atoms with Gasteiger partial charge >= 0.3 is 0 Å². The number of amides is 1. The van der Waals surface area contributed by atoms with Crippen molar-refractivity contribution in [1.29, 1.82) is 0 Å². The molecule has 28 heavy (non-hydrogen) atoms. The van der Waals surface area contributed by atoms with Gasteiger partial charge in [-0.25, -0.2) is 0 Å². The number of hydrogen-bond donors (Lipinski definition) is 3. The van der Waals surface area contributed by atoms with Crippen molar-refractivity contribution in [3.8, 4) is 11.3 Å². The Bertz CT molecular complexity index is 1090. The number of anilines is 1. The first kappa shape index (κ1) is 17.8. The van der Waals surface area contributed by atoms with Crippen molar-refractivity contribution in [3.05, 3.63) is 62.7 Å². The second kappa shape index (κ2) is 6.65. The summed E-state index contributed by atoms with van der Waals surface area (Å²) in [5.41, 5.74) is 3.98. The molecule has 144 valence electrons. The second-order valence-corrected chi connectivity index (χ2v) is 9.07. The minimum Gasteiger partial charge on any atom is -0.457 e. The molecule has 0 saturated carbocycles. The van der Waals surface area contributed by atoms with Gasteiger partial charge in [0.2, 0.25) is 0 Å². The fourth-order valence-corrected chi connectivity index (χ4v) is 5.45. The molecular formula is C21H21ClN3O2S+. The number of fused-ring (bicyclic) bond motifs is 3. The van der Waals surface area contributed by atoms with Gasteiger partial charge in [-0.1, -0.05) is 23.7 Å². The van der Waals surface area contributed by atoms with Gasteiger partial charge in [-0.05, 0) is 36.2 Å². The topological polar surface area (TPSA) is 58.7 Å². The van der Waals surface area contributed by atoms with Crippen LogP contribution in [0.2, 0.25) is 5.02 Å². The smallest absolute Gasteiger partial charge is 0.256 e. The van der Waals surface area contributed by atoms with Crippen LogP contribution in [0.3, 0.4) is 0 Å². The van der Waals surface area contributed by atoms with Crippen LogP contribution in [0.5, 0.6) is 0 Å². The van der Waals surface area contributed by atoms with Gasteiger partial charge in [0, 0.05) is 17.0 Å².